The summed E-state index contributed by atoms with van der Waals surface area (Å²) in [5.74, 6) is 1.82. The van der Waals surface area contributed by atoms with Crippen molar-refractivity contribution in [3.05, 3.63) is 48.0 Å². The second-order valence-corrected chi connectivity index (χ2v) is 3.10. The highest BCUT2D eigenvalue weighted by molar-refractivity contribution is 5.42. The lowest BCUT2D eigenvalue weighted by molar-refractivity contribution is 0.518. The SMILES string of the molecule is Cc1cccnc1NCc1ccco1. The van der Waals surface area contributed by atoms with E-state index in [-0.39, 0.29) is 0 Å². The fourth-order valence-corrected chi connectivity index (χ4v) is 1.25. The molecule has 14 heavy (non-hydrogen) atoms. The van der Waals surface area contributed by atoms with E-state index in [1.807, 2.05) is 31.2 Å². The molecule has 0 aliphatic rings. The van der Waals surface area contributed by atoms with Gasteiger partial charge in [-0.25, -0.2) is 4.98 Å². The molecule has 2 rings (SSSR count). The molecule has 72 valence electrons. The maximum atomic E-state index is 5.20. The van der Waals surface area contributed by atoms with Gasteiger partial charge in [-0.1, -0.05) is 6.07 Å². The number of nitrogens with one attached hydrogen (secondary N) is 1. The van der Waals surface area contributed by atoms with E-state index in [2.05, 4.69) is 10.3 Å². The molecule has 2 heterocycles. The molecule has 0 bridgehead atoms. The Kier molecular flexibility index (Phi) is 2.49. The lowest BCUT2D eigenvalue weighted by Crippen LogP contribution is -2.01. The van der Waals surface area contributed by atoms with E-state index in [1.165, 1.54) is 0 Å². The predicted octanol–water partition coefficient (Wildman–Crippen LogP) is 2.60. The number of furan rings is 1. The van der Waals surface area contributed by atoms with Crippen LogP contribution < -0.4 is 5.32 Å². The van der Waals surface area contributed by atoms with Crippen LogP contribution in [0.15, 0.2) is 41.1 Å². The number of rotatable bonds is 3. The molecule has 0 unspecified atom stereocenters. The first-order valence-corrected chi connectivity index (χ1v) is 4.54. The van der Waals surface area contributed by atoms with Gasteiger partial charge in [-0.3, -0.25) is 0 Å². The van der Waals surface area contributed by atoms with Gasteiger partial charge in [-0.15, -0.1) is 0 Å². The average Bonchev–Trinajstić information content (AvgIpc) is 2.69. The molecule has 1 N–H and O–H groups in total. The third-order valence-corrected chi connectivity index (χ3v) is 2.02. The van der Waals surface area contributed by atoms with E-state index in [0.29, 0.717) is 6.54 Å². The molecule has 3 nitrogen and oxygen atoms in total. The fourth-order valence-electron chi connectivity index (χ4n) is 1.25. The molecule has 0 aliphatic heterocycles. The van der Waals surface area contributed by atoms with Crippen LogP contribution in [0.3, 0.4) is 0 Å². The van der Waals surface area contributed by atoms with Crippen molar-refractivity contribution in [1.29, 1.82) is 0 Å². The topological polar surface area (TPSA) is 38.1 Å². The summed E-state index contributed by atoms with van der Waals surface area (Å²) in [6.45, 7) is 2.70. The Morgan fingerprint density at radius 2 is 2.29 bits per heavy atom. The Balaban J connectivity index is 2.02. The van der Waals surface area contributed by atoms with Crippen molar-refractivity contribution in [2.75, 3.05) is 5.32 Å². The van der Waals surface area contributed by atoms with Crippen molar-refractivity contribution >= 4 is 5.82 Å². The molecular weight excluding hydrogens is 176 g/mol. The monoisotopic (exact) mass is 188 g/mol. The van der Waals surface area contributed by atoms with Crippen LogP contribution >= 0.6 is 0 Å². The molecule has 0 aromatic carbocycles. The van der Waals surface area contributed by atoms with Crippen LogP contribution in [0.2, 0.25) is 0 Å². The van der Waals surface area contributed by atoms with Crippen molar-refractivity contribution < 1.29 is 4.42 Å². The summed E-state index contributed by atoms with van der Waals surface area (Å²) >= 11 is 0. The summed E-state index contributed by atoms with van der Waals surface area (Å²) in [4.78, 5) is 4.22. The van der Waals surface area contributed by atoms with Crippen LogP contribution in [0, 0.1) is 6.92 Å². The zero-order valence-corrected chi connectivity index (χ0v) is 8.03. The summed E-state index contributed by atoms with van der Waals surface area (Å²) < 4.78 is 5.20. The number of pyridine rings is 1. The van der Waals surface area contributed by atoms with Crippen molar-refractivity contribution in [1.82, 2.24) is 4.98 Å². The Morgan fingerprint density at radius 1 is 1.36 bits per heavy atom. The van der Waals surface area contributed by atoms with Crippen molar-refractivity contribution in [2.45, 2.75) is 13.5 Å². The van der Waals surface area contributed by atoms with Crippen LogP contribution in [0.4, 0.5) is 5.82 Å². The van der Waals surface area contributed by atoms with Crippen molar-refractivity contribution in [3.63, 3.8) is 0 Å². The minimum atomic E-state index is 0.671. The highest BCUT2D eigenvalue weighted by Crippen LogP contribution is 2.11. The van der Waals surface area contributed by atoms with Crippen LogP contribution in [0.1, 0.15) is 11.3 Å². The Bertz CT molecular complexity index is 395. The second-order valence-electron chi connectivity index (χ2n) is 3.10. The van der Waals surface area contributed by atoms with Gasteiger partial charge >= 0.3 is 0 Å². The molecule has 3 heteroatoms. The molecular formula is C11H12N2O. The normalized spacial score (nSPS) is 10.1. The molecule has 2 aromatic rings. The molecule has 0 radical (unpaired) electrons. The minimum absolute atomic E-state index is 0.671. The van der Waals surface area contributed by atoms with Gasteiger partial charge in [-0.2, -0.15) is 0 Å². The van der Waals surface area contributed by atoms with Gasteiger partial charge in [0.2, 0.25) is 0 Å². The predicted molar refractivity (Wildman–Crippen MR) is 55.0 cm³/mol. The summed E-state index contributed by atoms with van der Waals surface area (Å²) in [6, 6.07) is 7.76. The number of aromatic nitrogens is 1. The van der Waals surface area contributed by atoms with E-state index < -0.39 is 0 Å². The third-order valence-electron chi connectivity index (χ3n) is 2.02. The third kappa shape index (κ3) is 1.93. The van der Waals surface area contributed by atoms with E-state index >= 15 is 0 Å². The average molecular weight is 188 g/mol. The van der Waals surface area contributed by atoms with E-state index in [1.54, 1.807) is 12.5 Å². The second kappa shape index (κ2) is 3.96. The first-order valence-electron chi connectivity index (χ1n) is 4.54. The molecule has 0 spiro atoms. The van der Waals surface area contributed by atoms with Crippen LogP contribution in [0.5, 0.6) is 0 Å². The van der Waals surface area contributed by atoms with Gasteiger partial charge < -0.3 is 9.73 Å². The van der Waals surface area contributed by atoms with Gasteiger partial charge in [0.25, 0.3) is 0 Å². The summed E-state index contributed by atoms with van der Waals surface area (Å²) in [6.07, 6.45) is 3.44. The molecule has 0 fully saturated rings. The van der Waals surface area contributed by atoms with Crippen LogP contribution in [-0.2, 0) is 6.54 Å². The molecule has 0 saturated carbocycles. The first kappa shape index (κ1) is 8.81. The van der Waals surface area contributed by atoms with Gasteiger partial charge in [0.1, 0.15) is 11.6 Å². The number of nitrogens with zero attached hydrogens (tertiary/aromatic N) is 1. The fraction of sp³-hybridized carbons (Fsp3) is 0.182. The lowest BCUT2D eigenvalue weighted by atomic mass is 10.3. The van der Waals surface area contributed by atoms with Crippen LogP contribution in [-0.4, -0.2) is 4.98 Å². The maximum absolute atomic E-state index is 5.20. The van der Waals surface area contributed by atoms with Crippen LogP contribution in [0.25, 0.3) is 0 Å². The highest BCUT2D eigenvalue weighted by atomic mass is 16.3. The maximum Gasteiger partial charge on any atom is 0.129 e. The van der Waals surface area contributed by atoms with E-state index in [4.69, 9.17) is 4.42 Å². The lowest BCUT2D eigenvalue weighted by Gasteiger charge is -2.05. The standard InChI is InChI=1S/C11H12N2O/c1-9-4-2-6-12-11(9)13-8-10-5-3-7-14-10/h2-7H,8H2,1H3,(H,12,13). The van der Waals surface area contributed by atoms with Crippen molar-refractivity contribution in [2.24, 2.45) is 0 Å². The number of hydrogen-bond donors (Lipinski definition) is 1. The van der Waals surface area contributed by atoms with Crippen molar-refractivity contribution in [3.8, 4) is 0 Å². The van der Waals surface area contributed by atoms with E-state index in [0.717, 1.165) is 17.1 Å². The Morgan fingerprint density at radius 3 is 3.00 bits per heavy atom. The molecule has 0 saturated heterocycles. The van der Waals surface area contributed by atoms with E-state index in [9.17, 15) is 0 Å². The number of hydrogen-bond acceptors (Lipinski definition) is 3. The summed E-state index contributed by atoms with van der Waals surface area (Å²) in [5, 5.41) is 3.21. The molecule has 0 amide bonds. The highest BCUT2D eigenvalue weighted by Gasteiger charge is 1.98. The van der Waals surface area contributed by atoms with Gasteiger partial charge in [0.15, 0.2) is 0 Å². The zero-order chi connectivity index (χ0) is 9.80. The molecule has 0 atom stereocenters. The van der Waals surface area contributed by atoms with Gasteiger partial charge in [0.05, 0.1) is 12.8 Å². The molecule has 2 aromatic heterocycles. The quantitative estimate of drug-likeness (QED) is 0.804. The minimum Gasteiger partial charge on any atom is -0.467 e. The Labute approximate surface area is 82.8 Å². The smallest absolute Gasteiger partial charge is 0.129 e. The summed E-state index contributed by atoms with van der Waals surface area (Å²) in [7, 11) is 0. The molecule has 0 aliphatic carbocycles. The first-order chi connectivity index (χ1) is 6.86. The summed E-state index contributed by atoms with van der Waals surface area (Å²) in [5.41, 5.74) is 1.14. The number of anilines is 1. The zero-order valence-electron chi connectivity index (χ0n) is 8.03. The Hall–Kier alpha value is -1.77. The number of aryl methyl sites for hydroxylation is 1. The van der Waals surface area contributed by atoms with Gasteiger partial charge in [-0.05, 0) is 30.7 Å². The largest absolute Gasteiger partial charge is 0.467 e. The van der Waals surface area contributed by atoms with Gasteiger partial charge in [0, 0.05) is 6.20 Å².